The van der Waals surface area contributed by atoms with Gasteiger partial charge in [0.2, 0.25) is 11.9 Å². The van der Waals surface area contributed by atoms with Gasteiger partial charge in [-0.3, -0.25) is 0 Å². The van der Waals surface area contributed by atoms with E-state index in [2.05, 4.69) is 264 Å². The molecular formula is C68H56N8. The Bertz CT molecular complexity index is 3520. The van der Waals surface area contributed by atoms with Crippen molar-refractivity contribution in [3.63, 3.8) is 0 Å². The van der Waals surface area contributed by atoms with Gasteiger partial charge in [-0.25, -0.2) is 9.97 Å². The first kappa shape index (κ1) is 46.4. The number of hydrogen-bond acceptors (Lipinski definition) is 8. The highest BCUT2D eigenvalue weighted by Gasteiger charge is 2.54. The van der Waals surface area contributed by atoms with Crippen molar-refractivity contribution in [3.05, 3.63) is 287 Å². The first-order chi connectivity index (χ1) is 37.7. The van der Waals surface area contributed by atoms with Crippen molar-refractivity contribution in [2.45, 2.75) is 49.9 Å². The fraction of sp³-hybridized carbons (Fsp3) is 0.118. The van der Waals surface area contributed by atoms with Crippen LogP contribution in [0.5, 0.6) is 0 Å². The minimum absolute atomic E-state index is 0.00938. The Balaban J connectivity index is 0.921. The molecular weight excluding hydrogens is 929 g/mol. The zero-order chi connectivity index (χ0) is 50.6. The van der Waals surface area contributed by atoms with Gasteiger partial charge in [0.05, 0.1) is 11.4 Å². The molecule has 8 nitrogen and oxygen atoms in total. The molecule has 0 unspecified atom stereocenters. The van der Waals surface area contributed by atoms with Gasteiger partial charge in [-0.1, -0.05) is 231 Å². The molecule has 12 aromatic rings. The highest BCUT2D eigenvalue weighted by atomic mass is 15.2. The van der Waals surface area contributed by atoms with Crippen molar-refractivity contribution in [2.75, 3.05) is 21.3 Å². The van der Waals surface area contributed by atoms with E-state index in [9.17, 15) is 0 Å². The number of nitrogens with one attached hydrogen (secondary N) is 4. The summed E-state index contributed by atoms with van der Waals surface area (Å²) in [5, 5.41) is 24.7. The summed E-state index contributed by atoms with van der Waals surface area (Å²) in [6.07, 6.45) is 0. The van der Waals surface area contributed by atoms with Gasteiger partial charge in [-0.05, 0) is 76.5 Å². The maximum atomic E-state index is 5.53. The fourth-order valence-electron chi connectivity index (χ4n) is 11.8. The summed E-state index contributed by atoms with van der Waals surface area (Å²) < 4.78 is 0. The quantitative estimate of drug-likeness (QED) is 0.0760. The molecule has 1 saturated carbocycles. The van der Waals surface area contributed by atoms with Crippen LogP contribution in [0.25, 0.3) is 43.1 Å². The molecule has 0 saturated heterocycles. The molecule has 0 aliphatic heterocycles. The number of nitrogens with zero attached hydrogens (tertiary/aromatic N) is 4. The van der Waals surface area contributed by atoms with Gasteiger partial charge in [0, 0.05) is 62.0 Å². The number of benzene rings is 10. The fourth-order valence-corrected chi connectivity index (χ4v) is 11.8. The van der Waals surface area contributed by atoms with Crippen LogP contribution in [0, 0.1) is 0 Å². The molecule has 1 aliphatic rings. The topological polar surface area (TPSA) is 99.7 Å². The van der Waals surface area contributed by atoms with E-state index in [4.69, 9.17) is 19.9 Å². The van der Waals surface area contributed by atoms with Crippen LogP contribution in [0.4, 0.5) is 23.5 Å². The van der Waals surface area contributed by atoms with Crippen LogP contribution >= 0.6 is 0 Å². The summed E-state index contributed by atoms with van der Waals surface area (Å²) in [5.41, 5.74) is 9.17. The lowest BCUT2D eigenvalue weighted by Gasteiger charge is -2.52. The Morgan fingerprint density at radius 1 is 0.263 bits per heavy atom. The molecule has 0 spiro atoms. The Kier molecular flexibility index (Phi) is 12.7. The first-order valence-electron chi connectivity index (χ1n) is 26.4. The lowest BCUT2D eigenvalue weighted by molar-refractivity contribution is 0.220. The third-order valence-electron chi connectivity index (χ3n) is 15.4. The number of rotatable bonds is 16. The SMILES string of the molecule is c1ccc([C@H]2[C@H](c3cc(NCc4cccc5ccccc45)nc(NCc4cccc5ccccc45)n3)[C@H](c3ccccc3)[C@H]2c2cc(NCc3cccc4ccccc34)nc(NCc3cccc4ccccc34)n2)cc1. The van der Waals surface area contributed by atoms with Crippen molar-refractivity contribution >= 4 is 66.6 Å². The molecule has 0 amide bonds. The number of fused-ring (bicyclic) bond motifs is 4. The molecule has 13 rings (SSSR count). The first-order valence-corrected chi connectivity index (χ1v) is 26.4. The maximum absolute atomic E-state index is 5.53. The van der Waals surface area contributed by atoms with E-state index in [0.29, 0.717) is 38.1 Å². The molecule has 4 N–H and O–H groups in total. The molecule has 8 heteroatoms. The molecule has 1 aliphatic carbocycles. The number of hydrogen-bond donors (Lipinski definition) is 4. The van der Waals surface area contributed by atoms with E-state index in [0.717, 1.165) is 23.0 Å². The van der Waals surface area contributed by atoms with Crippen molar-refractivity contribution in [2.24, 2.45) is 0 Å². The van der Waals surface area contributed by atoms with Crippen molar-refractivity contribution in [3.8, 4) is 0 Å². The molecule has 1 fully saturated rings. The Morgan fingerprint density at radius 3 is 0.895 bits per heavy atom. The summed E-state index contributed by atoms with van der Waals surface area (Å²) in [4.78, 5) is 21.5. The zero-order valence-corrected chi connectivity index (χ0v) is 42.0. The van der Waals surface area contributed by atoms with Gasteiger partial charge < -0.3 is 21.3 Å². The van der Waals surface area contributed by atoms with Gasteiger partial charge in [-0.2, -0.15) is 9.97 Å². The van der Waals surface area contributed by atoms with Crippen LogP contribution in [0.2, 0.25) is 0 Å². The van der Waals surface area contributed by atoms with Gasteiger partial charge in [-0.15, -0.1) is 0 Å². The molecule has 76 heavy (non-hydrogen) atoms. The molecule has 368 valence electrons. The average Bonchev–Trinajstić information content (AvgIpc) is 3.50. The van der Waals surface area contributed by atoms with E-state index in [1.807, 2.05) is 0 Å². The third-order valence-corrected chi connectivity index (χ3v) is 15.4. The Hall–Kier alpha value is -9.40. The normalized spacial score (nSPS) is 16.1. The Morgan fingerprint density at radius 2 is 0.553 bits per heavy atom. The smallest absolute Gasteiger partial charge is 0.225 e. The minimum atomic E-state index is -0.0526. The maximum Gasteiger partial charge on any atom is 0.225 e. The van der Waals surface area contributed by atoms with Crippen molar-refractivity contribution in [1.29, 1.82) is 0 Å². The van der Waals surface area contributed by atoms with Gasteiger partial charge >= 0.3 is 0 Å². The van der Waals surface area contributed by atoms with E-state index >= 15 is 0 Å². The molecule has 2 aromatic heterocycles. The molecule has 0 radical (unpaired) electrons. The van der Waals surface area contributed by atoms with E-state index < -0.39 is 0 Å². The number of aromatic nitrogens is 4. The van der Waals surface area contributed by atoms with Crippen LogP contribution in [-0.4, -0.2) is 19.9 Å². The summed E-state index contributed by atoms with van der Waals surface area (Å²) in [6, 6.07) is 86.5. The van der Waals surface area contributed by atoms with E-state index in [-0.39, 0.29) is 23.7 Å². The summed E-state index contributed by atoms with van der Waals surface area (Å²) >= 11 is 0. The summed E-state index contributed by atoms with van der Waals surface area (Å²) in [7, 11) is 0. The lowest BCUT2D eigenvalue weighted by atomic mass is 9.50. The largest absolute Gasteiger partial charge is 0.366 e. The molecule has 0 atom stereocenters. The second-order valence-corrected chi connectivity index (χ2v) is 19.9. The summed E-state index contributed by atoms with van der Waals surface area (Å²) in [5.74, 6) is 2.57. The molecule has 0 bridgehead atoms. The van der Waals surface area contributed by atoms with Crippen molar-refractivity contribution in [1.82, 2.24) is 19.9 Å². The second kappa shape index (κ2) is 20.8. The van der Waals surface area contributed by atoms with Crippen LogP contribution < -0.4 is 21.3 Å². The van der Waals surface area contributed by atoms with Crippen molar-refractivity contribution < 1.29 is 0 Å². The lowest BCUT2D eigenvalue weighted by Crippen LogP contribution is -2.41. The van der Waals surface area contributed by atoms with Gasteiger partial charge in [0.25, 0.3) is 0 Å². The predicted octanol–water partition coefficient (Wildman–Crippen LogP) is 15.8. The van der Waals surface area contributed by atoms with Crippen LogP contribution in [0.15, 0.2) is 243 Å². The Labute approximate surface area is 443 Å². The van der Waals surface area contributed by atoms with E-state index in [1.165, 1.54) is 76.5 Å². The summed E-state index contributed by atoms with van der Waals surface area (Å²) in [6.45, 7) is 2.33. The highest BCUT2D eigenvalue weighted by molar-refractivity contribution is 5.88. The zero-order valence-electron chi connectivity index (χ0n) is 42.0. The second-order valence-electron chi connectivity index (χ2n) is 19.9. The monoisotopic (exact) mass is 984 g/mol. The third kappa shape index (κ3) is 9.41. The average molecular weight is 985 g/mol. The number of anilines is 4. The van der Waals surface area contributed by atoms with Crippen LogP contribution in [0.1, 0.15) is 68.4 Å². The van der Waals surface area contributed by atoms with Crippen LogP contribution in [-0.2, 0) is 26.2 Å². The highest BCUT2D eigenvalue weighted by Crippen LogP contribution is 2.66. The molecule has 2 heterocycles. The van der Waals surface area contributed by atoms with Gasteiger partial charge in [0.1, 0.15) is 11.6 Å². The predicted molar refractivity (Wildman–Crippen MR) is 313 cm³/mol. The minimum Gasteiger partial charge on any atom is -0.366 e. The standard InChI is InChI=1S/C68H56N8/c1-3-23-49(24-4-1)63-65(59-39-61(69-41-51-31-15-27-45-19-7-11-35-55(45)51)75-67(73-59)71-43-53-33-17-29-47-21-9-13-37-57(47)53)64(50-25-5-2-6-26-50)66(63)60-40-62(70-42-52-32-16-28-46-20-8-12-36-56(46)52)76-68(74-60)72-44-54-34-18-30-48-22-10-14-38-58(48)54/h1-40,63-66H,41-44H2,(H2,69,71,73,75)(H2,70,72,74,76)/t63-,64-,65-,66-. The van der Waals surface area contributed by atoms with Gasteiger partial charge in [0.15, 0.2) is 0 Å². The molecule has 10 aromatic carbocycles. The van der Waals surface area contributed by atoms with Crippen LogP contribution in [0.3, 0.4) is 0 Å². The van der Waals surface area contributed by atoms with E-state index in [1.54, 1.807) is 0 Å².